The maximum atomic E-state index is 12.3. The first-order valence-electron chi connectivity index (χ1n) is 4.88. The van der Waals surface area contributed by atoms with E-state index in [4.69, 9.17) is 9.52 Å². The number of rotatable bonds is 2. The number of hydrogen-bond acceptors (Lipinski definition) is 2. The third-order valence-corrected chi connectivity index (χ3v) is 2.31. The molecule has 1 heterocycles. The summed E-state index contributed by atoms with van der Waals surface area (Å²) in [4.78, 5) is 10.6. The second kappa shape index (κ2) is 4.21. The van der Waals surface area contributed by atoms with E-state index in [1.165, 1.54) is 24.3 Å². The molecule has 0 bridgehead atoms. The average molecular weight is 256 g/mol. The minimum absolute atomic E-state index is 0.209. The molecule has 0 unspecified atom stereocenters. The van der Waals surface area contributed by atoms with Crippen LogP contribution in [-0.4, -0.2) is 11.1 Å². The molecule has 0 aliphatic rings. The minimum atomic E-state index is -4.39. The van der Waals surface area contributed by atoms with Crippen LogP contribution in [0.1, 0.15) is 16.1 Å². The monoisotopic (exact) mass is 256 g/mol. The fourth-order valence-electron chi connectivity index (χ4n) is 1.43. The van der Waals surface area contributed by atoms with Crippen molar-refractivity contribution in [3.05, 3.63) is 47.7 Å². The Morgan fingerprint density at radius 3 is 2.11 bits per heavy atom. The summed E-state index contributed by atoms with van der Waals surface area (Å²) >= 11 is 0. The fraction of sp³-hybridized carbons (Fsp3) is 0.0833. The van der Waals surface area contributed by atoms with Crippen LogP contribution in [0, 0.1) is 0 Å². The molecule has 0 aliphatic carbocycles. The van der Waals surface area contributed by atoms with Gasteiger partial charge in [0.1, 0.15) is 5.76 Å². The van der Waals surface area contributed by atoms with Gasteiger partial charge >= 0.3 is 12.1 Å². The summed E-state index contributed by atoms with van der Waals surface area (Å²) in [6.07, 6.45) is -4.39. The molecule has 2 rings (SSSR count). The first kappa shape index (κ1) is 12.2. The van der Waals surface area contributed by atoms with Crippen molar-refractivity contribution in [2.75, 3.05) is 0 Å². The van der Waals surface area contributed by atoms with Gasteiger partial charge in [0.05, 0.1) is 5.56 Å². The first-order valence-corrected chi connectivity index (χ1v) is 4.88. The van der Waals surface area contributed by atoms with Crippen LogP contribution in [0.2, 0.25) is 0 Å². The number of carboxylic acids is 1. The van der Waals surface area contributed by atoms with Crippen LogP contribution in [0.15, 0.2) is 40.8 Å². The van der Waals surface area contributed by atoms with Crippen LogP contribution in [0.4, 0.5) is 13.2 Å². The van der Waals surface area contributed by atoms with Crippen molar-refractivity contribution in [2.24, 2.45) is 0 Å². The zero-order valence-electron chi connectivity index (χ0n) is 8.86. The van der Waals surface area contributed by atoms with Crippen LogP contribution < -0.4 is 0 Å². The molecule has 94 valence electrons. The highest BCUT2D eigenvalue weighted by molar-refractivity contribution is 5.85. The first-order chi connectivity index (χ1) is 8.38. The molecule has 1 N–H and O–H groups in total. The van der Waals surface area contributed by atoms with E-state index in [0.29, 0.717) is 5.56 Å². The Morgan fingerprint density at radius 1 is 1.06 bits per heavy atom. The van der Waals surface area contributed by atoms with Crippen molar-refractivity contribution < 1.29 is 27.5 Å². The largest absolute Gasteiger partial charge is 0.475 e. The summed E-state index contributed by atoms with van der Waals surface area (Å²) in [6, 6.07) is 6.93. The lowest BCUT2D eigenvalue weighted by atomic mass is 10.1. The van der Waals surface area contributed by atoms with Gasteiger partial charge in [-0.2, -0.15) is 13.2 Å². The molecular weight excluding hydrogens is 249 g/mol. The van der Waals surface area contributed by atoms with Gasteiger partial charge < -0.3 is 9.52 Å². The summed E-state index contributed by atoms with van der Waals surface area (Å²) < 4.78 is 42.0. The number of carboxylic acid groups (broad SMARTS) is 1. The highest BCUT2D eigenvalue weighted by Gasteiger charge is 2.30. The number of hydrogen-bond donors (Lipinski definition) is 1. The molecule has 0 fully saturated rings. The Hall–Kier alpha value is -2.24. The topological polar surface area (TPSA) is 50.4 Å². The molecule has 6 heteroatoms. The summed E-state index contributed by atoms with van der Waals surface area (Å²) in [5.41, 5.74) is -0.383. The van der Waals surface area contributed by atoms with E-state index in [1.54, 1.807) is 0 Å². The predicted octanol–water partition coefficient (Wildman–Crippen LogP) is 3.66. The molecule has 3 nitrogen and oxygen atoms in total. The van der Waals surface area contributed by atoms with Crippen LogP contribution in [0.25, 0.3) is 11.3 Å². The number of benzene rings is 1. The standard InChI is InChI=1S/C12H7F3O3/c13-12(14,15)8-3-1-7(2-4-8)9-5-6-10(18-9)11(16)17/h1-6H,(H,16,17). The van der Waals surface area contributed by atoms with Crippen LogP contribution >= 0.6 is 0 Å². The number of furan rings is 1. The van der Waals surface area contributed by atoms with Gasteiger partial charge in [0.2, 0.25) is 5.76 Å². The normalized spacial score (nSPS) is 11.5. The molecule has 0 spiro atoms. The fourth-order valence-corrected chi connectivity index (χ4v) is 1.43. The van der Waals surface area contributed by atoms with Crippen molar-refractivity contribution in [3.63, 3.8) is 0 Å². The Bertz CT molecular complexity index is 567. The highest BCUT2D eigenvalue weighted by atomic mass is 19.4. The summed E-state index contributed by atoms with van der Waals surface area (Å²) in [5.74, 6) is -1.28. The number of alkyl halides is 3. The third kappa shape index (κ3) is 2.37. The number of aromatic carboxylic acids is 1. The van der Waals surface area contributed by atoms with E-state index < -0.39 is 17.7 Å². The smallest absolute Gasteiger partial charge is 0.416 e. The molecule has 0 amide bonds. The Balaban J connectivity index is 2.31. The Kier molecular flexibility index (Phi) is 2.86. The minimum Gasteiger partial charge on any atom is -0.475 e. The maximum absolute atomic E-state index is 12.3. The molecule has 18 heavy (non-hydrogen) atoms. The van der Waals surface area contributed by atoms with Crippen LogP contribution in [-0.2, 0) is 6.18 Å². The predicted molar refractivity (Wildman–Crippen MR) is 56.1 cm³/mol. The maximum Gasteiger partial charge on any atom is 0.416 e. The van der Waals surface area contributed by atoms with E-state index in [2.05, 4.69) is 0 Å². The lowest BCUT2D eigenvalue weighted by molar-refractivity contribution is -0.137. The Morgan fingerprint density at radius 2 is 1.67 bits per heavy atom. The second-order valence-corrected chi connectivity index (χ2v) is 3.54. The van der Waals surface area contributed by atoms with Crippen LogP contribution in [0.5, 0.6) is 0 Å². The molecule has 1 aromatic heterocycles. The molecule has 1 aromatic carbocycles. The lowest BCUT2D eigenvalue weighted by Crippen LogP contribution is -2.03. The molecular formula is C12H7F3O3. The van der Waals surface area contributed by atoms with Crippen molar-refractivity contribution in [1.82, 2.24) is 0 Å². The van der Waals surface area contributed by atoms with E-state index in [-0.39, 0.29) is 11.5 Å². The van der Waals surface area contributed by atoms with Gasteiger partial charge in [-0.3, -0.25) is 0 Å². The molecule has 0 radical (unpaired) electrons. The average Bonchev–Trinajstić information content (AvgIpc) is 2.77. The quantitative estimate of drug-likeness (QED) is 0.891. The number of carbonyl (C=O) groups is 1. The van der Waals surface area contributed by atoms with Crippen molar-refractivity contribution >= 4 is 5.97 Å². The molecule has 0 atom stereocenters. The SMILES string of the molecule is O=C(O)c1ccc(-c2ccc(C(F)(F)F)cc2)o1. The van der Waals surface area contributed by atoms with Gasteiger partial charge in [0, 0.05) is 5.56 Å². The highest BCUT2D eigenvalue weighted by Crippen LogP contribution is 2.31. The van der Waals surface area contributed by atoms with Crippen molar-refractivity contribution in [1.29, 1.82) is 0 Å². The van der Waals surface area contributed by atoms with E-state index >= 15 is 0 Å². The van der Waals surface area contributed by atoms with Gasteiger partial charge in [-0.1, -0.05) is 12.1 Å². The summed E-state index contributed by atoms with van der Waals surface area (Å²) in [5, 5.41) is 8.65. The molecule has 0 aliphatic heterocycles. The van der Waals surface area contributed by atoms with E-state index in [1.807, 2.05) is 0 Å². The number of halogens is 3. The molecule has 0 saturated heterocycles. The van der Waals surface area contributed by atoms with Gasteiger partial charge in [0.15, 0.2) is 0 Å². The van der Waals surface area contributed by atoms with Gasteiger partial charge in [-0.15, -0.1) is 0 Å². The molecule has 0 saturated carbocycles. The summed E-state index contributed by atoms with van der Waals surface area (Å²) in [7, 11) is 0. The summed E-state index contributed by atoms with van der Waals surface area (Å²) in [6.45, 7) is 0. The zero-order valence-corrected chi connectivity index (χ0v) is 8.86. The second-order valence-electron chi connectivity index (χ2n) is 3.54. The Labute approximate surface area is 99.5 Å². The zero-order chi connectivity index (χ0) is 13.3. The van der Waals surface area contributed by atoms with E-state index in [9.17, 15) is 18.0 Å². The van der Waals surface area contributed by atoms with E-state index in [0.717, 1.165) is 12.1 Å². The molecule has 2 aromatic rings. The van der Waals surface area contributed by atoms with Gasteiger partial charge in [-0.25, -0.2) is 4.79 Å². The van der Waals surface area contributed by atoms with Gasteiger partial charge in [-0.05, 0) is 24.3 Å². The third-order valence-electron chi connectivity index (χ3n) is 2.31. The van der Waals surface area contributed by atoms with Crippen LogP contribution in [0.3, 0.4) is 0 Å². The lowest BCUT2D eigenvalue weighted by Gasteiger charge is -2.06. The van der Waals surface area contributed by atoms with Crippen molar-refractivity contribution in [3.8, 4) is 11.3 Å². The van der Waals surface area contributed by atoms with Crippen molar-refractivity contribution in [2.45, 2.75) is 6.18 Å². The van der Waals surface area contributed by atoms with Gasteiger partial charge in [0.25, 0.3) is 0 Å².